The summed E-state index contributed by atoms with van der Waals surface area (Å²) in [7, 11) is 4.07. The predicted octanol–water partition coefficient (Wildman–Crippen LogP) is -0.240. The van der Waals surface area contributed by atoms with Crippen molar-refractivity contribution in [1.82, 2.24) is 15.1 Å². The van der Waals surface area contributed by atoms with Crippen LogP contribution in [0.15, 0.2) is 0 Å². The number of nitrogens with one attached hydrogen (secondary N) is 1. The quantitative estimate of drug-likeness (QED) is 0.681. The Labute approximate surface area is 86.2 Å². The largest absolute Gasteiger partial charge is 0.340 e. The molecule has 1 heterocycles. The lowest BCUT2D eigenvalue weighted by Crippen LogP contribution is -2.42. The van der Waals surface area contributed by atoms with Gasteiger partial charge in [0, 0.05) is 32.6 Å². The number of carbonyl (C=O) groups excluding carboxylic acids is 1. The molecular weight excluding hydrogens is 178 g/mol. The number of hydrogen-bond acceptors (Lipinski definition) is 3. The van der Waals surface area contributed by atoms with Crippen molar-refractivity contribution in [1.29, 1.82) is 0 Å². The van der Waals surface area contributed by atoms with Gasteiger partial charge in [-0.3, -0.25) is 4.79 Å². The second-order valence-electron chi connectivity index (χ2n) is 4.04. The van der Waals surface area contributed by atoms with E-state index in [0.29, 0.717) is 12.3 Å². The molecular formula is C10H21N3O. The van der Waals surface area contributed by atoms with E-state index in [1.807, 2.05) is 19.0 Å². The van der Waals surface area contributed by atoms with E-state index in [9.17, 15) is 4.79 Å². The molecule has 0 radical (unpaired) electrons. The smallest absolute Gasteiger partial charge is 0.222 e. The summed E-state index contributed by atoms with van der Waals surface area (Å²) in [5, 5.41) is 3.32. The van der Waals surface area contributed by atoms with Gasteiger partial charge in [0.25, 0.3) is 0 Å². The van der Waals surface area contributed by atoms with Gasteiger partial charge in [0.15, 0.2) is 0 Å². The maximum atomic E-state index is 11.7. The number of nitrogens with zero attached hydrogens (tertiary/aromatic N) is 2. The fraction of sp³-hybridized carbons (Fsp3) is 0.900. The standard InChI is InChI=1S/C10H21N3O/c1-12(2)8-9-13-7-6-11-5-3-4-10(13)14/h11H,3-9H2,1-2H3. The van der Waals surface area contributed by atoms with Gasteiger partial charge in [0.05, 0.1) is 0 Å². The first kappa shape index (κ1) is 11.5. The van der Waals surface area contributed by atoms with Crippen molar-refractivity contribution < 1.29 is 4.79 Å². The van der Waals surface area contributed by atoms with Gasteiger partial charge in [-0.15, -0.1) is 0 Å². The number of likely N-dealkylation sites (N-methyl/N-ethyl adjacent to an activating group) is 1. The second-order valence-corrected chi connectivity index (χ2v) is 4.04. The molecule has 0 bridgehead atoms. The molecule has 0 atom stereocenters. The summed E-state index contributed by atoms with van der Waals surface area (Å²) in [6.07, 6.45) is 1.66. The minimum absolute atomic E-state index is 0.313. The van der Waals surface area contributed by atoms with Crippen molar-refractivity contribution in [3.63, 3.8) is 0 Å². The zero-order valence-electron chi connectivity index (χ0n) is 9.25. The molecule has 0 aromatic carbocycles. The molecule has 0 unspecified atom stereocenters. The summed E-state index contributed by atoms with van der Waals surface area (Å²) < 4.78 is 0. The van der Waals surface area contributed by atoms with Crippen LogP contribution in [0, 0.1) is 0 Å². The third kappa shape index (κ3) is 4.07. The molecule has 14 heavy (non-hydrogen) atoms. The highest BCUT2D eigenvalue weighted by Gasteiger charge is 2.14. The lowest BCUT2D eigenvalue weighted by molar-refractivity contribution is -0.131. The molecule has 0 aromatic rings. The molecule has 1 amide bonds. The minimum atomic E-state index is 0.313. The van der Waals surface area contributed by atoms with E-state index in [4.69, 9.17) is 0 Å². The second kappa shape index (κ2) is 5.98. The Morgan fingerprint density at radius 2 is 2.21 bits per heavy atom. The average Bonchev–Trinajstić information content (AvgIpc) is 2.10. The molecule has 82 valence electrons. The van der Waals surface area contributed by atoms with Crippen LogP contribution in [-0.2, 0) is 4.79 Å². The Kier molecular flexibility index (Phi) is 4.90. The number of hydrogen-bond donors (Lipinski definition) is 1. The Hall–Kier alpha value is -0.610. The molecule has 1 fully saturated rings. The molecule has 4 nitrogen and oxygen atoms in total. The zero-order chi connectivity index (χ0) is 10.4. The summed E-state index contributed by atoms with van der Waals surface area (Å²) in [6.45, 7) is 4.57. The highest BCUT2D eigenvalue weighted by atomic mass is 16.2. The predicted molar refractivity (Wildman–Crippen MR) is 57.2 cm³/mol. The van der Waals surface area contributed by atoms with Crippen molar-refractivity contribution in [3.8, 4) is 0 Å². The van der Waals surface area contributed by atoms with E-state index in [0.717, 1.165) is 39.1 Å². The molecule has 1 rings (SSSR count). The number of rotatable bonds is 3. The van der Waals surface area contributed by atoms with Crippen LogP contribution in [0.1, 0.15) is 12.8 Å². The van der Waals surface area contributed by atoms with Gasteiger partial charge in [-0.05, 0) is 27.1 Å². The topological polar surface area (TPSA) is 35.6 Å². The average molecular weight is 199 g/mol. The lowest BCUT2D eigenvalue weighted by Gasteiger charge is -2.26. The fourth-order valence-corrected chi connectivity index (χ4v) is 1.54. The van der Waals surface area contributed by atoms with Gasteiger partial charge in [-0.2, -0.15) is 0 Å². The zero-order valence-corrected chi connectivity index (χ0v) is 9.25. The minimum Gasteiger partial charge on any atom is -0.340 e. The monoisotopic (exact) mass is 199 g/mol. The summed E-state index contributed by atoms with van der Waals surface area (Å²) in [5.41, 5.74) is 0. The fourth-order valence-electron chi connectivity index (χ4n) is 1.54. The van der Waals surface area contributed by atoms with Gasteiger partial charge >= 0.3 is 0 Å². The van der Waals surface area contributed by atoms with E-state index in [1.165, 1.54) is 0 Å². The summed E-state index contributed by atoms with van der Waals surface area (Å²) in [4.78, 5) is 15.7. The highest BCUT2D eigenvalue weighted by Crippen LogP contribution is 2.00. The van der Waals surface area contributed by atoms with Crippen molar-refractivity contribution in [3.05, 3.63) is 0 Å². The highest BCUT2D eigenvalue weighted by molar-refractivity contribution is 5.76. The van der Waals surface area contributed by atoms with E-state index in [1.54, 1.807) is 0 Å². The van der Waals surface area contributed by atoms with Crippen LogP contribution in [0.3, 0.4) is 0 Å². The Morgan fingerprint density at radius 3 is 2.93 bits per heavy atom. The van der Waals surface area contributed by atoms with Crippen molar-refractivity contribution in [2.45, 2.75) is 12.8 Å². The maximum Gasteiger partial charge on any atom is 0.222 e. The normalized spacial score (nSPS) is 19.6. The van der Waals surface area contributed by atoms with E-state index in [-0.39, 0.29) is 0 Å². The van der Waals surface area contributed by atoms with Crippen molar-refractivity contribution in [2.24, 2.45) is 0 Å². The molecule has 0 aliphatic carbocycles. The van der Waals surface area contributed by atoms with Crippen LogP contribution < -0.4 is 5.32 Å². The van der Waals surface area contributed by atoms with Gasteiger partial charge in [0.2, 0.25) is 5.91 Å². The lowest BCUT2D eigenvalue weighted by atomic mass is 10.2. The maximum absolute atomic E-state index is 11.7. The third-order valence-corrected chi connectivity index (χ3v) is 2.47. The molecule has 1 saturated heterocycles. The van der Waals surface area contributed by atoms with Crippen molar-refractivity contribution in [2.75, 3.05) is 46.8 Å². The van der Waals surface area contributed by atoms with Crippen molar-refractivity contribution >= 4 is 5.91 Å². The molecule has 1 aliphatic rings. The van der Waals surface area contributed by atoms with Gasteiger partial charge in [0.1, 0.15) is 0 Å². The molecule has 1 N–H and O–H groups in total. The number of amides is 1. The first-order chi connectivity index (χ1) is 6.70. The summed E-state index contributed by atoms with van der Waals surface area (Å²) >= 11 is 0. The van der Waals surface area contributed by atoms with Crippen LogP contribution >= 0.6 is 0 Å². The molecule has 1 aliphatic heterocycles. The molecule has 4 heteroatoms. The summed E-state index contributed by atoms with van der Waals surface area (Å²) in [5.74, 6) is 0.313. The van der Waals surface area contributed by atoms with Crippen LogP contribution in [0.25, 0.3) is 0 Å². The van der Waals surface area contributed by atoms with E-state index < -0.39 is 0 Å². The summed E-state index contributed by atoms with van der Waals surface area (Å²) in [6, 6.07) is 0. The van der Waals surface area contributed by atoms with Crippen LogP contribution in [0.4, 0.5) is 0 Å². The Bertz CT molecular complexity index is 182. The van der Waals surface area contributed by atoms with E-state index >= 15 is 0 Å². The van der Waals surface area contributed by atoms with Crippen LogP contribution in [0.2, 0.25) is 0 Å². The Balaban J connectivity index is 2.33. The first-order valence-corrected chi connectivity index (χ1v) is 5.33. The molecule has 0 aromatic heterocycles. The third-order valence-electron chi connectivity index (χ3n) is 2.47. The SMILES string of the molecule is CN(C)CCN1CCNCCCC1=O. The van der Waals surface area contributed by atoms with Crippen LogP contribution in [0.5, 0.6) is 0 Å². The number of carbonyl (C=O) groups is 1. The van der Waals surface area contributed by atoms with Gasteiger partial charge in [-0.1, -0.05) is 0 Å². The van der Waals surface area contributed by atoms with Crippen LogP contribution in [-0.4, -0.2) is 62.5 Å². The van der Waals surface area contributed by atoms with E-state index in [2.05, 4.69) is 10.2 Å². The van der Waals surface area contributed by atoms with Gasteiger partial charge in [-0.25, -0.2) is 0 Å². The molecule has 0 spiro atoms. The van der Waals surface area contributed by atoms with Gasteiger partial charge < -0.3 is 15.1 Å². The Morgan fingerprint density at radius 1 is 1.43 bits per heavy atom. The molecule has 0 saturated carbocycles. The first-order valence-electron chi connectivity index (χ1n) is 5.33.